The Labute approximate surface area is 178 Å². The van der Waals surface area contributed by atoms with E-state index in [0.717, 1.165) is 22.0 Å². The first-order valence-corrected chi connectivity index (χ1v) is 9.74. The molecule has 3 rings (SSSR count). The van der Waals surface area contributed by atoms with Gasteiger partial charge in [0, 0.05) is 33.7 Å². The molecule has 1 heterocycles. The van der Waals surface area contributed by atoms with Gasteiger partial charge in [-0.3, -0.25) is 9.78 Å². The van der Waals surface area contributed by atoms with Crippen LogP contribution in [0.2, 0.25) is 5.02 Å². The molecule has 0 spiro atoms. The Morgan fingerprint density at radius 3 is 2.57 bits per heavy atom. The summed E-state index contributed by atoms with van der Waals surface area (Å²) >= 11 is 6.20. The highest BCUT2D eigenvalue weighted by Crippen LogP contribution is 2.35. The minimum Gasteiger partial charge on any atom is -0.481 e. The molecule has 0 aliphatic carbocycles. The van der Waals surface area contributed by atoms with E-state index >= 15 is 0 Å². The molecular weight excluding hydrogens is 409 g/mol. The zero-order valence-electron chi connectivity index (χ0n) is 16.2. The summed E-state index contributed by atoms with van der Waals surface area (Å²) in [6, 6.07) is 11.4. The number of aliphatic hydroxyl groups is 2. The number of aliphatic carboxylic acids is 1. The van der Waals surface area contributed by atoms with Crippen molar-refractivity contribution < 1.29 is 24.5 Å². The van der Waals surface area contributed by atoms with Crippen LogP contribution in [0.15, 0.2) is 48.5 Å². The van der Waals surface area contributed by atoms with Gasteiger partial charge >= 0.3 is 5.97 Å². The van der Waals surface area contributed by atoms with Gasteiger partial charge in [0.05, 0.1) is 24.1 Å². The Morgan fingerprint density at radius 1 is 1.20 bits per heavy atom. The van der Waals surface area contributed by atoms with Gasteiger partial charge in [0.2, 0.25) is 0 Å². The topological polar surface area (TPSA) is 90.7 Å². The Kier molecular flexibility index (Phi) is 6.82. The summed E-state index contributed by atoms with van der Waals surface area (Å²) in [5.74, 6) is -1.49. The third-order valence-corrected chi connectivity index (χ3v) is 4.95. The van der Waals surface area contributed by atoms with E-state index in [1.54, 1.807) is 30.3 Å². The first-order valence-electron chi connectivity index (χ1n) is 9.36. The number of aryl methyl sites for hydroxylation is 1. The molecule has 7 heteroatoms. The van der Waals surface area contributed by atoms with Gasteiger partial charge in [0.25, 0.3) is 0 Å². The van der Waals surface area contributed by atoms with Crippen LogP contribution in [0.25, 0.3) is 28.1 Å². The van der Waals surface area contributed by atoms with E-state index in [2.05, 4.69) is 4.98 Å². The van der Waals surface area contributed by atoms with Gasteiger partial charge in [0.15, 0.2) is 0 Å². The molecule has 5 nitrogen and oxygen atoms in total. The summed E-state index contributed by atoms with van der Waals surface area (Å²) in [5.41, 5.74) is 3.68. The second-order valence-electron chi connectivity index (χ2n) is 7.07. The molecule has 30 heavy (non-hydrogen) atoms. The SMILES string of the molecule is Cc1nc2ccc(Cl)cc2c(-c2ccc(F)cc2)c1C=C[C@@H](O)CC(O)CC(=O)O. The van der Waals surface area contributed by atoms with Gasteiger partial charge in [-0.25, -0.2) is 4.39 Å². The Bertz CT molecular complexity index is 1100. The number of carboxylic acid groups (broad SMARTS) is 1. The Morgan fingerprint density at radius 2 is 1.90 bits per heavy atom. The average Bonchev–Trinajstić information content (AvgIpc) is 2.66. The monoisotopic (exact) mass is 429 g/mol. The van der Waals surface area contributed by atoms with Gasteiger partial charge in [0.1, 0.15) is 5.82 Å². The smallest absolute Gasteiger partial charge is 0.305 e. The molecule has 3 N–H and O–H groups in total. The molecule has 0 aliphatic rings. The van der Waals surface area contributed by atoms with Crippen molar-refractivity contribution >= 4 is 34.5 Å². The van der Waals surface area contributed by atoms with Gasteiger partial charge in [-0.05, 0) is 42.8 Å². The van der Waals surface area contributed by atoms with Crippen LogP contribution in [0, 0.1) is 12.7 Å². The number of fused-ring (bicyclic) bond motifs is 1. The number of halogens is 2. The van der Waals surface area contributed by atoms with E-state index in [1.807, 2.05) is 13.0 Å². The van der Waals surface area contributed by atoms with Crippen molar-refractivity contribution in [3.63, 3.8) is 0 Å². The summed E-state index contributed by atoms with van der Waals surface area (Å²) in [6.45, 7) is 1.83. The molecule has 0 aliphatic heterocycles. The third-order valence-electron chi connectivity index (χ3n) is 4.72. The molecule has 0 saturated heterocycles. The molecule has 2 aromatic carbocycles. The zero-order chi connectivity index (χ0) is 21.8. The van der Waals surface area contributed by atoms with Gasteiger partial charge in [-0.1, -0.05) is 35.9 Å². The van der Waals surface area contributed by atoms with Gasteiger partial charge < -0.3 is 15.3 Å². The molecule has 1 aromatic heterocycles. The second kappa shape index (κ2) is 9.34. The van der Waals surface area contributed by atoms with Crippen LogP contribution in [0.4, 0.5) is 4.39 Å². The largest absolute Gasteiger partial charge is 0.481 e. The molecule has 0 saturated carbocycles. The molecule has 0 amide bonds. The van der Waals surface area contributed by atoms with Crippen LogP contribution in [0.3, 0.4) is 0 Å². The van der Waals surface area contributed by atoms with E-state index in [4.69, 9.17) is 16.7 Å². The van der Waals surface area contributed by atoms with Gasteiger partial charge in [-0.2, -0.15) is 0 Å². The van der Waals surface area contributed by atoms with E-state index in [9.17, 15) is 19.4 Å². The van der Waals surface area contributed by atoms with Crippen LogP contribution in [0.1, 0.15) is 24.1 Å². The fraction of sp³-hybridized carbons (Fsp3) is 0.217. The highest BCUT2D eigenvalue weighted by atomic mass is 35.5. The number of nitrogens with zero attached hydrogens (tertiary/aromatic N) is 1. The maximum atomic E-state index is 13.5. The quantitative estimate of drug-likeness (QED) is 0.510. The van der Waals surface area contributed by atoms with Crippen molar-refractivity contribution in [2.24, 2.45) is 0 Å². The summed E-state index contributed by atoms with van der Waals surface area (Å²) in [5, 5.41) is 30.0. The van der Waals surface area contributed by atoms with Crippen molar-refractivity contribution in [2.75, 3.05) is 0 Å². The first-order chi connectivity index (χ1) is 14.2. The summed E-state index contributed by atoms with van der Waals surface area (Å²) in [4.78, 5) is 15.3. The number of carboxylic acids is 1. The number of pyridine rings is 1. The summed E-state index contributed by atoms with van der Waals surface area (Å²) in [6.07, 6.45) is 0.405. The molecule has 0 bridgehead atoms. The Hall–Kier alpha value is -2.80. The summed E-state index contributed by atoms with van der Waals surface area (Å²) in [7, 11) is 0. The lowest BCUT2D eigenvalue weighted by Crippen LogP contribution is -2.19. The van der Waals surface area contributed by atoms with Crippen molar-refractivity contribution in [1.82, 2.24) is 4.98 Å². The van der Waals surface area contributed by atoms with Crippen LogP contribution in [-0.4, -0.2) is 38.5 Å². The lowest BCUT2D eigenvalue weighted by Gasteiger charge is -2.15. The zero-order valence-corrected chi connectivity index (χ0v) is 17.0. The minimum atomic E-state index is -1.16. The van der Waals surface area contributed by atoms with Crippen molar-refractivity contribution in [3.8, 4) is 11.1 Å². The maximum absolute atomic E-state index is 13.5. The number of aliphatic hydroxyl groups excluding tert-OH is 2. The standard InChI is InChI=1S/C23H21ClFNO4/c1-13-19(8-7-17(27)11-18(28)12-22(29)30)23(14-2-5-16(25)6-3-14)20-10-15(24)4-9-21(20)26-13/h2-10,17-18,27-28H,11-12H2,1H3,(H,29,30)/t17-,18?/m1/s1. The van der Waals surface area contributed by atoms with Crippen LogP contribution in [0.5, 0.6) is 0 Å². The Balaban J connectivity index is 2.07. The fourth-order valence-electron chi connectivity index (χ4n) is 3.35. The normalized spacial score (nSPS) is 13.6. The summed E-state index contributed by atoms with van der Waals surface area (Å²) < 4.78 is 13.5. The van der Waals surface area contributed by atoms with Crippen LogP contribution < -0.4 is 0 Å². The van der Waals surface area contributed by atoms with Crippen LogP contribution in [-0.2, 0) is 4.79 Å². The highest BCUT2D eigenvalue weighted by molar-refractivity contribution is 6.31. The number of carbonyl (C=O) groups is 1. The van der Waals surface area contributed by atoms with E-state index in [-0.39, 0.29) is 12.2 Å². The van der Waals surface area contributed by atoms with E-state index in [1.165, 1.54) is 18.2 Å². The second-order valence-corrected chi connectivity index (χ2v) is 7.50. The van der Waals surface area contributed by atoms with Crippen molar-refractivity contribution in [1.29, 1.82) is 0 Å². The highest BCUT2D eigenvalue weighted by Gasteiger charge is 2.16. The molecule has 2 atom stereocenters. The molecular formula is C23H21ClFNO4. The minimum absolute atomic E-state index is 0.111. The first kappa shape index (κ1) is 21.9. The lowest BCUT2D eigenvalue weighted by atomic mass is 9.93. The van der Waals surface area contributed by atoms with E-state index in [0.29, 0.717) is 16.3 Å². The molecule has 0 fully saturated rings. The predicted octanol–water partition coefficient (Wildman–Crippen LogP) is 4.60. The number of aromatic nitrogens is 1. The molecule has 3 aromatic rings. The van der Waals surface area contributed by atoms with Crippen molar-refractivity contribution in [3.05, 3.63) is 70.6 Å². The number of benzene rings is 2. The molecule has 1 unspecified atom stereocenters. The third kappa shape index (κ3) is 5.21. The lowest BCUT2D eigenvalue weighted by molar-refractivity contribution is -0.139. The van der Waals surface area contributed by atoms with Gasteiger partial charge in [-0.15, -0.1) is 0 Å². The van der Waals surface area contributed by atoms with Crippen molar-refractivity contribution in [2.45, 2.75) is 32.0 Å². The van der Waals surface area contributed by atoms with E-state index < -0.39 is 24.6 Å². The molecule has 156 valence electrons. The predicted molar refractivity (Wildman–Crippen MR) is 115 cm³/mol. The number of hydrogen-bond acceptors (Lipinski definition) is 4. The fourth-order valence-corrected chi connectivity index (χ4v) is 3.53. The molecule has 0 radical (unpaired) electrons. The maximum Gasteiger partial charge on any atom is 0.305 e. The number of hydrogen-bond donors (Lipinski definition) is 3. The average molecular weight is 430 g/mol. The van der Waals surface area contributed by atoms with Crippen LogP contribution >= 0.6 is 11.6 Å². The number of rotatable bonds is 7.